The average Bonchev–Trinajstić information content (AvgIpc) is 2.84. The number of benzene rings is 2. The molecule has 35 heavy (non-hydrogen) atoms. The van der Waals surface area contributed by atoms with Gasteiger partial charge in [-0.05, 0) is 67.0 Å². The molecule has 0 bridgehead atoms. The molecule has 5 heteroatoms. The van der Waals surface area contributed by atoms with E-state index in [9.17, 15) is 9.90 Å². The Labute approximate surface area is 212 Å². The molecule has 0 saturated carbocycles. The van der Waals surface area contributed by atoms with Crippen LogP contribution in [0, 0.1) is 11.8 Å². The Morgan fingerprint density at radius 1 is 0.971 bits per heavy atom. The van der Waals surface area contributed by atoms with Gasteiger partial charge in [0, 0.05) is 13.1 Å². The van der Waals surface area contributed by atoms with Crippen molar-refractivity contribution in [3.8, 4) is 11.5 Å². The van der Waals surface area contributed by atoms with E-state index in [-0.39, 0.29) is 11.7 Å². The first kappa shape index (κ1) is 28.5. The van der Waals surface area contributed by atoms with E-state index in [2.05, 4.69) is 45.6 Å². The summed E-state index contributed by atoms with van der Waals surface area (Å²) in [6.07, 6.45) is 3.69. The lowest BCUT2D eigenvalue weighted by atomic mass is 9.91. The lowest BCUT2D eigenvalue weighted by Gasteiger charge is -2.32. The third-order valence-electron chi connectivity index (χ3n) is 6.35. The van der Waals surface area contributed by atoms with Crippen LogP contribution in [0.2, 0.25) is 0 Å². The van der Waals surface area contributed by atoms with Crippen LogP contribution in [-0.4, -0.2) is 37.4 Å². The van der Waals surface area contributed by atoms with Crippen molar-refractivity contribution in [1.29, 1.82) is 0 Å². The summed E-state index contributed by atoms with van der Waals surface area (Å²) < 4.78 is 11.7. The molecule has 5 nitrogen and oxygen atoms in total. The van der Waals surface area contributed by atoms with Crippen LogP contribution >= 0.6 is 0 Å². The molecule has 0 aromatic heterocycles. The van der Waals surface area contributed by atoms with E-state index in [4.69, 9.17) is 9.47 Å². The maximum atomic E-state index is 13.1. The van der Waals surface area contributed by atoms with Crippen LogP contribution in [0.4, 0.5) is 5.69 Å². The predicted octanol–water partition coefficient (Wildman–Crippen LogP) is 6.97. The van der Waals surface area contributed by atoms with Crippen molar-refractivity contribution >= 4 is 11.7 Å². The summed E-state index contributed by atoms with van der Waals surface area (Å²) in [5.74, 6) is 1.50. The highest BCUT2D eigenvalue weighted by Gasteiger charge is 2.26. The van der Waals surface area contributed by atoms with E-state index >= 15 is 0 Å². The van der Waals surface area contributed by atoms with Gasteiger partial charge in [-0.1, -0.05) is 65.7 Å². The van der Waals surface area contributed by atoms with Gasteiger partial charge in [-0.2, -0.15) is 0 Å². The van der Waals surface area contributed by atoms with Crippen LogP contribution in [0.15, 0.2) is 42.5 Å². The van der Waals surface area contributed by atoms with E-state index in [1.165, 1.54) is 0 Å². The van der Waals surface area contributed by atoms with Gasteiger partial charge < -0.3 is 19.5 Å². The van der Waals surface area contributed by atoms with Gasteiger partial charge in [0.2, 0.25) is 0 Å². The molecule has 2 rings (SSSR count). The molecule has 194 valence electrons. The molecular weight excluding hydrogens is 438 g/mol. The van der Waals surface area contributed by atoms with Crippen molar-refractivity contribution in [2.75, 3.05) is 31.2 Å². The lowest BCUT2D eigenvalue weighted by Crippen LogP contribution is -2.33. The van der Waals surface area contributed by atoms with Crippen molar-refractivity contribution in [1.82, 2.24) is 0 Å². The summed E-state index contributed by atoms with van der Waals surface area (Å²) in [7, 11) is 0. The number of rotatable bonds is 15. The van der Waals surface area contributed by atoms with Crippen LogP contribution in [0.25, 0.3) is 0 Å². The van der Waals surface area contributed by atoms with Crippen molar-refractivity contribution in [3.63, 3.8) is 0 Å². The minimum Gasteiger partial charge on any atom is -0.508 e. The van der Waals surface area contributed by atoms with Crippen molar-refractivity contribution in [2.24, 2.45) is 11.8 Å². The van der Waals surface area contributed by atoms with Crippen LogP contribution in [0.1, 0.15) is 77.8 Å². The van der Waals surface area contributed by atoms with Gasteiger partial charge in [-0.15, -0.1) is 0 Å². The fourth-order valence-electron chi connectivity index (χ4n) is 4.35. The topological polar surface area (TPSA) is 59.0 Å². The molecule has 2 aromatic carbocycles. The minimum atomic E-state index is -0.437. The highest BCUT2D eigenvalue weighted by Crippen LogP contribution is 2.35. The van der Waals surface area contributed by atoms with Crippen molar-refractivity contribution in [3.05, 3.63) is 53.6 Å². The first-order chi connectivity index (χ1) is 16.8. The van der Waals surface area contributed by atoms with Crippen molar-refractivity contribution < 1.29 is 19.4 Å². The van der Waals surface area contributed by atoms with E-state index in [0.29, 0.717) is 31.5 Å². The molecule has 1 N–H and O–H groups in total. The number of carbonyl (C=O) groups is 1. The number of anilines is 1. The van der Waals surface area contributed by atoms with Gasteiger partial charge in [0.15, 0.2) is 0 Å². The molecule has 0 aliphatic carbocycles. The molecule has 2 aromatic rings. The number of carbonyl (C=O) groups excluding carboxylic acids is 1. The van der Waals surface area contributed by atoms with Gasteiger partial charge in [-0.25, -0.2) is 0 Å². The van der Waals surface area contributed by atoms with E-state index < -0.39 is 5.92 Å². The maximum Gasteiger partial charge on any atom is 0.313 e. The van der Waals surface area contributed by atoms with Crippen LogP contribution < -0.4 is 9.64 Å². The second kappa shape index (κ2) is 14.7. The molecule has 0 saturated heterocycles. The fraction of sp³-hybridized carbons (Fsp3) is 0.567. The number of phenols is 1. The fourth-order valence-corrected chi connectivity index (χ4v) is 4.35. The first-order valence-electron chi connectivity index (χ1n) is 13.3. The predicted molar refractivity (Wildman–Crippen MR) is 145 cm³/mol. The zero-order valence-electron chi connectivity index (χ0n) is 22.5. The monoisotopic (exact) mass is 483 g/mol. The molecule has 1 unspecified atom stereocenters. The number of esters is 1. The Kier molecular flexibility index (Phi) is 11.9. The lowest BCUT2D eigenvalue weighted by molar-refractivity contribution is -0.144. The largest absolute Gasteiger partial charge is 0.508 e. The Morgan fingerprint density at radius 3 is 2.23 bits per heavy atom. The average molecular weight is 484 g/mol. The quantitative estimate of drug-likeness (QED) is 0.277. The molecular formula is C30H45NO4. The SMILES string of the molecule is CCCOc1ccc(C(Cc2ccc(O)cc2)C(=O)OCC)cc1N(CC(C)C)CC(CC)CC. The van der Waals surface area contributed by atoms with Crippen LogP contribution in [0.3, 0.4) is 0 Å². The number of hydrogen-bond acceptors (Lipinski definition) is 5. The summed E-state index contributed by atoms with van der Waals surface area (Å²) in [6.45, 7) is 15.8. The minimum absolute atomic E-state index is 0.215. The molecule has 0 radical (unpaired) electrons. The maximum absolute atomic E-state index is 13.1. The highest BCUT2D eigenvalue weighted by atomic mass is 16.5. The third-order valence-corrected chi connectivity index (χ3v) is 6.35. The van der Waals surface area contributed by atoms with Gasteiger partial charge in [0.25, 0.3) is 0 Å². The van der Waals surface area contributed by atoms with Gasteiger partial charge >= 0.3 is 5.97 Å². The molecule has 0 fully saturated rings. The first-order valence-corrected chi connectivity index (χ1v) is 13.3. The van der Waals surface area contributed by atoms with Crippen LogP contribution in [0.5, 0.6) is 11.5 Å². The molecule has 1 atom stereocenters. The smallest absolute Gasteiger partial charge is 0.313 e. The second-order valence-electron chi connectivity index (χ2n) is 9.73. The molecule has 0 amide bonds. The highest BCUT2D eigenvalue weighted by molar-refractivity contribution is 5.79. The summed E-state index contributed by atoms with van der Waals surface area (Å²) in [5.41, 5.74) is 2.95. The molecule has 0 aliphatic heterocycles. The Morgan fingerprint density at radius 2 is 1.66 bits per heavy atom. The summed E-state index contributed by atoms with van der Waals surface area (Å²) >= 11 is 0. The van der Waals surface area contributed by atoms with Crippen molar-refractivity contribution in [2.45, 2.75) is 73.1 Å². The third kappa shape index (κ3) is 8.79. The number of aromatic hydroxyl groups is 1. The van der Waals surface area contributed by atoms with Gasteiger partial charge in [0.1, 0.15) is 11.5 Å². The molecule has 0 spiro atoms. The normalized spacial score (nSPS) is 12.1. The Balaban J connectivity index is 2.54. The molecule has 0 aliphatic rings. The van der Waals surface area contributed by atoms with Gasteiger partial charge in [-0.3, -0.25) is 4.79 Å². The second-order valence-corrected chi connectivity index (χ2v) is 9.73. The van der Waals surface area contributed by atoms with E-state index in [1.807, 2.05) is 31.2 Å². The van der Waals surface area contributed by atoms with Gasteiger partial charge in [0.05, 0.1) is 24.8 Å². The standard InChI is InChI=1S/C30H45NO4/c1-7-17-35-29-16-13-25(19-28(29)31(20-22(5)6)21-23(8-2)9-3)27(30(33)34-10-4)18-24-11-14-26(32)15-12-24/h11-16,19,22-23,27,32H,7-10,17-18,20-21H2,1-6H3. The summed E-state index contributed by atoms with van der Waals surface area (Å²) in [5, 5.41) is 9.67. The number of phenolic OH excluding ortho intramolecular Hbond substituents is 1. The zero-order chi connectivity index (χ0) is 25.8. The number of hydrogen-bond donors (Lipinski definition) is 1. The number of ether oxygens (including phenoxy) is 2. The van der Waals surface area contributed by atoms with E-state index in [0.717, 1.165) is 54.9 Å². The number of nitrogens with zero attached hydrogens (tertiary/aromatic N) is 1. The zero-order valence-corrected chi connectivity index (χ0v) is 22.5. The van der Waals surface area contributed by atoms with E-state index in [1.54, 1.807) is 12.1 Å². The molecule has 0 heterocycles. The summed E-state index contributed by atoms with van der Waals surface area (Å²) in [6, 6.07) is 13.2. The summed E-state index contributed by atoms with van der Waals surface area (Å²) in [4.78, 5) is 15.5. The van der Waals surface area contributed by atoms with Crippen LogP contribution in [-0.2, 0) is 16.0 Å². The Bertz CT molecular complexity index is 890. The Hall–Kier alpha value is -2.69.